The number of hydrogen-bond acceptors (Lipinski definition) is 9. The Morgan fingerprint density at radius 3 is 2.67 bits per heavy atom. The molecule has 3 aromatic heterocycles. The zero-order valence-electron chi connectivity index (χ0n) is 17.8. The number of rotatable bonds is 6. The lowest BCUT2D eigenvalue weighted by atomic mass is 9.86. The summed E-state index contributed by atoms with van der Waals surface area (Å²) in [6, 6.07) is 7.13. The zero-order chi connectivity index (χ0) is 23.7. The Morgan fingerprint density at radius 2 is 2.03 bits per heavy atom. The minimum Gasteiger partial charge on any atom is -0.501 e. The Labute approximate surface area is 192 Å². The van der Waals surface area contributed by atoms with Crippen LogP contribution in [0.1, 0.15) is 52.4 Å². The van der Waals surface area contributed by atoms with Gasteiger partial charge in [0.1, 0.15) is 17.8 Å². The second-order valence-electron chi connectivity index (χ2n) is 7.35. The van der Waals surface area contributed by atoms with Crippen LogP contribution in [-0.4, -0.2) is 35.9 Å². The normalized spacial score (nSPS) is 13.0. The first-order valence-electron chi connectivity index (χ1n) is 9.83. The molecule has 12 heteroatoms. The van der Waals surface area contributed by atoms with E-state index in [4.69, 9.17) is 16.0 Å². The third-order valence-corrected chi connectivity index (χ3v) is 5.51. The summed E-state index contributed by atoms with van der Waals surface area (Å²) in [5.74, 6) is -1.91. The largest absolute Gasteiger partial charge is 0.501 e. The standard InChI is InChI=1S/C21H19ClN6O5/c1-10(15(20-27-26-11(2)33-20)13-6-4-5-7-14(13)22)18-25-16(17(29)21(31)28(18)3)19(30)24-12-8-23-32-9-12/h4-10,15,29H,1-3H3,(H,24,30)/t10-,15+/m1/s1. The first-order valence-corrected chi connectivity index (χ1v) is 10.2. The van der Waals surface area contributed by atoms with Gasteiger partial charge >= 0.3 is 0 Å². The summed E-state index contributed by atoms with van der Waals surface area (Å²) in [5.41, 5.74) is -0.317. The Bertz CT molecular complexity index is 1360. The fourth-order valence-electron chi connectivity index (χ4n) is 3.56. The molecular formula is C21H19ClN6O5. The molecule has 0 unspecified atom stereocenters. The van der Waals surface area contributed by atoms with E-state index in [1.165, 1.54) is 24.1 Å². The van der Waals surface area contributed by atoms with Gasteiger partial charge in [-0.15, -0.1) is 10.2 Å². The van der Waals surface area contributed by atoms with Gasteiger partial charge in [0.05, 0.1) is 12.1 Å². The molecule has 33 heavy (non-hydrogen) atoms. The third kappa shape index (κ3) is 4.22. The van der Waals surface area contributed by atoms with E-state index in [2.05, 4.69) is 30.2 Å². The molecule has 1 aromatic carbocycles. The van der Waals surface area contributed by atoms with Crippen LogP contribution in [0.25, 0.3) is 0 Å². The van der Waals surface area contributed by atoms with E-state index in [1.54, 1.807) is 32.0 Å². The van der Waals surface area contributed by atoms with Gasteiger partial charge in [-0.2, -0.15) is 0 Å². The lowest BCUT2D eigenvalue weighted by Gasteiger charge is -2.24. The molecule has 0 saturated carbocycles. The summed E-state index contributed by atoms with van der Waals surface area (Å²) in [6.45, 7) is 3.45. The van der Waals surface area contributed by atoms with Crippen molar-refractivity contribution in [1.29, 1.82) is 0 Å². The van der Waals surface area contributed by atoms with Gasteiger partial charge in [0.2, 0.25) is 17.5 Å². The second-order valence-corrected chi connectivity index (χ2v) is 7.75. The van der Waals surface area contributed by atoms with Gasteiger partial charge in [-0.25, -0.2) is 4.98 Å². The van der Waals surface area contributed by atoms with Crippen LogP contribution in [0, 0.1) is 6.92 Å². The second kappa shape index (κ2) is 8.87. The van der Waals surface area contributed by atoms with E-state index < -0.39 is 34.7 Å². The number of hydrogen-bond donors (Lipinski definition) is 2. The molecule has 2 N–H and O–H groups in total. The van der Waals surface area contributed by atoms with Crippen molar-refractivity contribution in [2.75, 3.05) is 5.32 Å². The number of nitrogens with one attached hydrogen (secondary N) is 1. The van der Waals surface area contributed by atoms with E-state index in [1.807, 2.05) is 6.07 Å². The van der Waals surface area contributed by atoms with Crippen molar-refractivity contribution in [2.24, 2.45) is 7.05 Å². The maximum Gasteiger partial charge on any atom is 0.296 e. The smallest absolute Gasteiger partial charge is 0.296 e. The predicted octanol–water partition coefficient (Wildman–Crippen LogP) is 3.01. The maximum absolute atomic E-state index is 12.8. The van der Waals surface area contributed by atoms with Gasteiger partial charge < -0.3 is 19.4 Å². The first kappa shape index (κ1) is 22.2. The summed E-state index contributed by atoms with van der Waals surface area (Å²) in [6.07, 6.45) is 2.47. The van der Waals surface area contributed by atoms with Gasteiger partial charge in [-0.05, 0) is 11.6 Å². The molecule has 2 atom stereocenters. The number of halogens is 1. The molecule has 3 heterocycles. The van der Waals surface area contributed by atoms with Crippen molar-refractivity contribution < 1.29 is 18.8 Å². The van der Waals surface area contributed by atoms with Crippen molar-refractivity contribution in [1.82, 2.24) is 24.9 Å². The van der Waals surface area contributed by atoms with Crippen LogP contribution < -0.4 is 10.9 Å². The Hall–Kier alpha value is -3.99. The zero-order valence-corrected chi connectivity index (χ0v) is 18.6. The molecule has 1 amide bonds. The van der Waals surface area contributed by atoms with Crippen molar-refractivity contribution in [2.45, 2.75) is 25.7 Å². The Morgan fingerprint density at radius 1 is 1.27 bits per heavy atom. The Kier molecular flexibility index (Phi) is 5.97. The average molecular weight is 471 g/mol. The molecule has 4 aromatic rings. The number of aromatic hydroxyl groups is 1. The molecule has 11 nitrogen and oxygen atoms in total. The van der Waals surface area contributed by atoms with Gasteiger partial charge in [0.25, 0.3) is 11.5 Å². The summed E-state index contributed by atoms with van der Waals surface area (Å²) in [7, 11) is 1.45. The van der Waals surface area contributed by atoms with Crippen LogP contribution in [0.3, 0.4) is 0 Å². The fourth-order valence-corrected chi connectivity index (χ4v) is 3.81. The molecule has 0 fully saturated rings. The van der Waals surface area contributed by atoms with Gasteiger partial charge in [-0.1, -0.05) is 41.9 Å². The highest BCUT2D eigenvalue weighted by atomic mass is 35.5. The van der Waals surface area contributed by atoms with E-state index in [0.717, 1.165) is 0 Å². The van der Waals surface area contributed by atoms with Crippen LogP contribution >= 0.6 is 11.6 Å². The monoisotopic (exact) mass is 470 g/mol. The molecule has 0 saturated heterocycles. The third-order valence-electron chi connectivity index (χ3n) is 5.16. The summed E-state index contributed by atoms with van der Waals surface area (Å²) in [4.78, 5) is 29.8. The lowest BCUT2D eigenvalue weighted by molar-refractivity contribution is 0.101. The first-order chi connectivity index (χ1) is 15.8. The van der Waals surface area contributed by atoms with Gasteiger partial charge in [-0.3, -0.25) is 14.2 Å². The van der Waals surface area contributed by atoms with Crippen LogP contribution in [0.5, 0.6) is 5.75 Å². The molecule has 0 spiro atoms. The minimum atomic E-state index is -0.801. The number of benzene rings is 1. The van der Waals surface area contributed by atoms with Crippen LogP contribution in [0.2, 0.25) is 5.02 Å². The van der Waals surface area contributed by atoms with E-state index in [0.29, 0.717) is 16.5 Å². The SMILES string of the molecule is Cc1nnc([C@H](c2ccccc2Cl)[C@@H](C)c2nc(C(=O)Nc3cnoc3)c(O)c(=O)n2C)o1. The molecule has 4 rings (SSSR count). The maximum atomic E-state index is 12.8. The van der Waals surface area contributed by atoms with Crippen molar-refractivity contribution >= 4 is 23.2 Å². The quantitative estimate of drug-likeness (QED) is 0.433. The number of amides is 1. The molecular weight excluding hydrogens is 452 g/mol. The fraction of sp³-hybridized carbons (Fsp3) is 0.238. The highest BCUT2D eigenvalue weighted by Gasteiger charge is 2.33. The topological polar surface area (TPSA) is 149 Å². The molecule has 0 aliphatic heterocycles. The molecule has 0 aliphatic rings. The highest BCUT2D eigenvalue weighted by molar-refractivity contribution is 6.31. The van der Waals surface area contributed by atoms with Gasteiger partial charge in [0, 0.05) is 24.9 Å². The lowest BCUT2D eigenvalue weighted by Crippen LogP contribution is -2.29. The van der Waals surface area contributed by atoms with Crippen molar-refractivity contribution in [3.63, 3.8) is 0 Å². The van der Waals surface area contributed by atoms with Crippen LogP contribution in [-0.2, 0) is 7.05 Å². The van der Waals surface area contributed by atoms with Gasteiger partial charge in [0.15, 0.2) is 5.69 Å². The number of aryl methyl sites for hydroxylation is 1. The number of carbonyl (C=O) groups is 1. The number of carbonyl (C=O) groups excluding carboxylic acids is 1. The number of aromatic nitrogens is 5. The van der Waals surface area contributed by atoms with Crippen LogP contribution in [0.4, 0.5) is 5.69 Å². The number of nitrogens with zero attached hydrogens (tertiary/aromatic N) is 5. The van der Waals surface area contributed by atoms with E-state index in [9.17, 15) is 14.7 Å². The molecule has 0 bridgehead atoms. The van der Waals surface area contributed by atoms with Crippen molar-refractivity contribution in [3.05, 3.63) is 81.0 Å². The highest BCUT2D eigenvalue weighted by Crippen LogP contribution is 2.39. The van der Waals surface area contributed by atoms with E-state index in [-0.39, 0.29) is 17.4 Å². The van der Waals surface area contributed by atoms with Crippen LogP contribution in [0.15, 0.2) is 50.5 Å². The minimum absolute atomic E-state index is 0.203. The predicted molar refractivity (Wildman–Crippen MR) is 116 cm³/mol. The molecule has 0 radical (unpaired) electrons. The Balaban J connectivity index is 1.83. The number of anilines is 1. The summed E-state index contributed by atoms with van der Waals surface area (Å²) < 4.78 is 11.5. The molecule has 170 valence electrons. The molecule has 0 aliphatic carbocycles. The average Bonchev–Trinajstić information content (AvgIpc) is 3.45. The summed E-state index contributed by atoms with van der Waals surface area (Å²) in [5, 5.41) is 24.8. The van der Waals surface area contributed by atoms with E-state index >= 15 is 0 Å². The van der Waals surface area contributed by atoms with Crippen molar-refractivity contribution in [3.8, 4) is 5.75 Å². The summed E-state index contributed by atoms with van der Waals surface area (Å²) >= 11 is 6.47.